The van der Waals surface area contributed by atoms with Crippen molar-refractivity contribution >= 4 is 23.2 Å². The van der Waals surface area contributed by atoms with Gasteiger partial charge in [0.15, 0.2) is 0 Å². The Bertz CT molecular complexity index is 604. The van der Waals surface area contributed by atoms with Crippen molar-refractivity contribution in [3.63, 3.8) is 0 Å². The van der Waals surface area contributed by atoms with Crippen LogP contribution in [0.2, 0.25) is 10.0 Å². The van der Waals surface area contributed by atoms with Gasteiger partial charge in [0.1, 0.15) is 0 Å². The van der Waals surface area contributed by atoms with E-state index in [1.165, 1.54) is 11.1 Å². The summed E-state index contributed by atoms with van der Waals surface area (Å²) in [6.45, 7) is 0. The van der Waals surface area contributed by atoms with E-state index < -0.39 is 0 Å². The molecule has 2 aromatic carbocycles. The first-order chi connectivity index (χ1) is 9.70. The number of rotatable bonds is 4. The number of halogens is 2. The molecule has 3 rings (SSSR count). The number of hydrogen-bond acceptors (Lipinski definition) is 1. The largest absolute Gasteiger partial charge is 0.316 e. The van der Waals surface area contributed by atoms with Gasteiger partial charge < -0.3 is 5.32 Å². The van der Waals surface area contributed by atoms with Crippen LogP contribution in [-0.2, 0) is 12.8 Å². The Morgan fingerprint density at radius 2 is 1.80 bits per heavy atom. The van der Waals surface area contributed by atoms with Gasteiger partial charge in [-0.3, -0.25) is 0 Å². The van der Waals surface area contributed by atoms with E-state index in [0.29, 0.717) is 12.0 Å². The van der Waals surface area contributed by atoms with Crippen LogP contribution in [0, 0.1) is 0 Å². The first-order valence-electron chi connectivity index (χ1n) is 6.88. The van der Waals surface area contributed by atoms with Crippen molar-refractivity contribution in [2.24, 2.45) is 0 Å². The normalized spacial score (nSPS) is 18.2. The fourth-order valence-electron chi connectivity index (χ4n) is 3.05. The van der Waals surface area contributed by atoms with Crippen LogP contribution in [0.5, 0.6) is 0 Å². The predicted octanol–water partition coefficient (Wildman–Crippen LogP) is 4.46. The van der Waals surface area contributed by atoms with E-state index in [0.717, 1.165) is 28.5 Å². The van der Waals surface area contributed by atoms with Crippen LogP contribution in [0.25, 0.3) is 0 Å². The van der Waals surface area contributed by atoms with Crippen molar-refractivity contribution < 1.29 is 0 Å². The third-order valence-electron chi connectivity index (χ3n) is 4.24. The van der Waals surface area contributed by atoms with Crippen LogP contribution < -0.4 is 5.32 Å². The van der Waals surface area contributed by atoms with E-state index in [1.54, 1.807) is 0 Å². The molecular weight excluding hydrogens is 289 g/mol. The number of hydrogen-bond donors (Lipinski definition) is 1. The van der Waals surface area contributed by atoms with Crippen molar-refractivity contribution in [3.8, 4) is 0 Å². The minimum Gasteiger partial charge on any atom is -0.316 e. The lowest BCUT2D eigenvalue weighted by Crippen LogP contribution is -2.39. The molecule has 2 atom stereocenters. The van der Waals surface area contributed by atoms with Gasteiger partial charge in [0.2, 0.25) is 0 Å². The molecule has 2 unspecified atom stereocenters. The minimum atomic E-state index is 0.363. The second-order valence-corrected chi connectivity index (χ2v) is 6.12. The minimum absolute atomic E-state index is 0.363. The van der Waals surface area contributed by atoms with Gasteiger partial charge in [-0.1, -0.05) is 53.5 Å². The van der Waals surface area contributed by atoms with Gasteiger partial charge in [-0.15, -0.1) is 0 Å². The van der Waals surface area contributed by atoms with Gasteiger partial charge in [0.05, 0.1) is 0 Å². The highest BCUT2D eigenvalue weighted by molar-refractivity contribution is 6.36. The second kappa shape index (κ2) is 5.77. The fraction of sp³-hybridized carbons (Fsp3) is 0.294. The van der Waals surface area contributed by atoms with Gasteiger partial charge in [0.25, 0.3) is 0 Å². The molecule has 0 radical (unpaired) electrons. The predicted molar refractivity (Wildman–Crippen MR) is 85.9 cm³/mol. The third-order valence-corrected chi connectivity index (χ3v) is 4.94. The summed E-state index contributed by atoms with van der Waals surface area (Å²) in [7, 11) is 2.01. The smallest absolute Gasteiger partial charge is 0.0453 e. The molecule has 0 amide bonds. The molecule has 2 aromatic rings. The molecule has 0 aliphatic heterocycles. The monoisotopic (exact) mass is 305 g/mol. The maximum atomic E-state index is 6.28. The number of benzene rings is 2. The highest BCUT2D eigenvalue weighted by Crippen LogP contribution is 2.39. The van der Waals surface area contributed by atoms with E-state index >= 15 is 0 Å². The fourth-order valence-corrected chi connectivity index (χ4v) is 3.60. The molecule has 1 aliphatic carbocycles. The Morgan fingerprint density at radius 1 is 1.10 bits per heavy atom. The van der Waals surface area contributed by atoms with Crippen LogP contribution in [-0.4, -0.2) is 13.1 Å². The lowest BCUT2D eigenvalue weighted by Gasteiger charge is -2.37. The number of likely N-dealkylation sites (N-methyl/N-ethyl adjacent to an activating group) is 1. The molecule has 104 valence electrons. The van der Waals surface area contributed by atoms with Crippen LogP contribution in [0.3, 0.4) is 0 Å². The molecule has 0 heterocycles. The maximum absolute atomic E-state index is 6.28. The standard InChI is InChI=1S/C17H17Cl2N/c1-20-17(10-14-15(18)7-4-8-16(14)19)13-9-11-5-2-3-6-12(11)13/h2-8,13,17,20H,9-10H2,1H3. The van der Waals surface area contributed by atoms with Gasteiger partial charge in [-0.2, -0.15) is 0 Å². The molecule has 0 saturated carbocycles. The highest BCUT2D eigenvalue weighted by Gasteiger charge is 2.32. The Labute approximate surface area is 129 Å². The molecule has 1 N–H and O–H groups in total. The first-order valence-corrected chi connectivity index (χ1v) is 7.64. The summed E-state index contributed by atoms with van der Waals surface area (Å²) in [5.41, 5.74) is 3.96. The average molecular weight is 306 g/mol. The Hall–Kier alpha value is -1.02. The van der Waals surface area contributed by atoms with Crippen LogP contribution in [0.15, 0.2) is 42.5 Å². The summed E-state index contributed by atoms with van der Waals surface area (Å²) < 4.78 is 0. The third kappa shape index (κ3) is 2.46. The first kappa shape index (κ1) is 13.9. The van der Waals surface area contributed by atoms with Crippen LogP contribution >= 0.6 is 23.2 Å². The van der Waals surface area contributed by atoms with Gasteiger partial charge in [-0.25, -0.2) is 0 Å². The van der Waals surface area contributed by atoms with Crippen molar-refractivity contribution in [3.05, 3.63) is 69.2 Å². The molecule has 1 aliphatic rings. The summed E-state index contributed by atoms with van der Waals surface area (Å²) in [5.74, 6) is 0.545. The SMILES string of the molecule is CNC(Cc1c(Cl)cccc1Cl)C1Cc2ccccc21. The lowest BCUT2D eigenvalue weighted by atomic mass is 9.72. The van der Waals surface area contributed by atoms with Crippen molar-refractivity contribution in [1.82, 2.24) is 5.32 Å². The quantitative estimate of drug-likeness (QED) is 0.879. The van der Waals surface area contributed by atoms with E-state index in [9.17, 15) is 0 Å². The van der Waals surface area contributed by atoms with E-state index in [-0.39, 0.29) is 0 Å². The average Bonchev–Trinajstić information content (AvgIpc) is 2.42. The Balaban J connectivity index is 1.83. The van der Waals surface area contributed by atoms with Crippen LogP contribution in [0.1, 0.15) is 22.6 Å². The van der Waals surface area contributed by atoms with Crippen molar-refractivity contribution in [2.75, 3.05) is 7.05 Å². The van der Waals surface area contributed by atoms with E-state index in [1.807, 2.05) is 25.2 Å². The molecular formula is C17H17Cl2N. The molecule has 20 heavy (non-hydrogen) atoms. The van der Waals surface area contributed by atoms with Crippen LogP contribution in [0.4, 0.5) is 0 Å². The van der Waals surface area contributed by atoms with E-state index in [2.05, 4.69) is 29.6 Å². The zero-order valence-corrected chi connectivity index (χ0v) is 12.9. The molecule has 1 nitrogen and oxygen atoms in total. The highest BCUT2D eigenvalue weighted by atomic mass is 35.5. The van der Waals surface area contributed by atoms with Gasteiger partial charge >= 0.3 is 0 Å². The molecule has 3 heteroatoms. The molecule has 0 bridgehead atoms. The Morgan fingerprint density at radius 3 is 2.45 bits per heavy atom. The second-order valence-electron chi connectivity index (χ2n) is 5.31. The number of nitrogens with one attached hydrogen (secondary N) is 1. The summed E-state index contributed by atoms with van der Waals surface area (Å²) in [6, 6.07) is 14.7. The summed E-state index contributed by atoms with van der Waals surface area (Å²) in [4.78, 5) is 0. The van der Waals surface area contributed by atoms with Gasteiger partial charge in [0, 0.05) is 22.0 Å². The zero-order valence-electron chi connectivity index (χ0n) is 11.4. The van der Waals surface area contributed by atoms with Gasteiger partial charge in [-0.05, 0) is 48.7 Å². The summed E-state index contributed by atoms with van der Waals surface area (Å²) in [6.07, 6.45) is 1.98. The molecule has 0 saturated heterocycles. The summed E-state index contributed by atoms with van der Waals surface area (Å²) in [5, 5.41) is 4.94. The zero-order chi connectivity index (χ0) is 14.1. The molecule has 0 aromatic heterocycles. The maximum Gasteiger partial charge on any atom is 0.0453 e. The van der Waals surface area contributed by atoms with E-state index in [4.69, 9.17) is 23.2 Å². The Kier molecular flexibility index (Phi) is 4.02. The van der Waals surface area contributed by atoms with Crippen molar-refractivity contribution in [1.29, 1.82) is 0 Å². The topological polar surface area (TPSA) is 12.0 Å². The molecule has 0 fully saturated rings. The summed E-state index contributed by atoms with van der Waals surface area (Å²) >= 11 is 12.6. The number of fused-ring (bicyclic) bond motifs is 1. The van der Waals surface area contributed by atoms with Crippen molar-refractivity contribution in [2.45, 2.75) is 24.8 Å². The molecule has 0 spiro atoms. The lowest BCUT2D eigenvalue weighted by molar-refractivity contribution is 0.422.